The number of methoxy groups -OCH3 is 1. The molecule has 1 amide bonds. The van der Waals surface area contributed by atoms with Gasteiger partial charge in [0.2, 0.25) is 5.91 Å². The topological polar surface area (TPSA) is 56.5 Å². The summed E-state index contributed by atoms with van der Waals surface area (Å²) in [5, 5.41) is 0. The van der Waals surface area contributed by atoms with Crippen molar-refractivity contribution in [1.29, 1.82) is 0 Å². The number of likely N-dealkylation sites (N-methyl/N-ethyl adjacent to an activating group) is 1. The van der Waals surface area contributed by atoms with Crippen LogP contribution >= 0.6 is 0 Å². The molecule has 0 atom stereocenters. The zero-order valence-electron chi connectivity index (χ0n) is 18.2. The molecule has 162 valence electrons. The number of benzene rings is 3. The van der Waals surface area contributed by atoms with Gasteiger partial charge in [-0.05, 0) is 65.9 Å². The van der Waals surface area contributed by atoms with Crippen molar-refractivity contribution in [3.05, 3.63) is 82.8 Å². The summed E-state index contributed by atoms with van der Waals surface area (Å²) in [6, 6.07) is 21.7. The number of aromatic nitrogens is 2. The van der Waals surface area contributed by atoms with E-state index >= 15 is 0 Å². The number of rotatable bonds is 5. The number of ether oxygens (including phenoxy) is 1. The summed E-state index contributed by atoms with van der Waals surface area (Å²) < 4.78 is 8.64. The Morgan fingerprint density at radius 2 is 1.78 bits per heavy atom. The van der Waals surface area contributed by atoms with E-state index in [-0.39, 0.29) is 18.1 Å². The van der Waals surface area contributed by atoms with Crippen molar-refractivity contribution in [1.82, 2.24) is 9.13 Å². The van der Waals surface area contributed by atoms with E-state index in [9.17, 15) is 9.59 Å². The van der Waals surface area contributed by atoms with E-state index in [0.29, 0.717) is 6.54 Å². The Kier molecular flexibility index (Phi) is 5.05. The van der Waals surface area contributed by atoms with Crippen molar-refractivity contribution in [2.45, 2.75) is 25.9 Å². The number of amides is 1. The molecule has 0 fully saturated rings. The summed E-state index contributed by atoms with van der Waals surface area (Å²) in [6.07, 6.45) is 1.85. The van der Waals surface area contributed by atoms with Gasteiger partial charge in [0.1, 0.15) is 12.3 Å². The van der Waals surface area contributed by atoms with Gasteiger partial charge in [-0.1, -0.05) is 30.3 Å². The number of anilines is 1. The minimum Gasteiger partial charge on any atom is -0.497 e. The van der Waals surface area contributed by atoms with Gasteiger partial charge in [-0.15, -0.1) is 0 Å². The van der Waals surface area contributed by atoms with Gasteiger partial charge >= 0.3 is 5.69 Å². The Hall–Kier alpha value is -3.80. The zero-order valence-corrected chi connectivity index (χ0v) is 18.2. The predicted molar refractivity (Wildman–Crippen MR) is 126 cm³/mol. The summed E-state index contributed by atoms with van der Waals surface area (Å²) in [5.41, 5.74) is 5.74. The highest BCUT2D eigenvalue weighted by molar-refractivity contribution is 5.94. The molecule has 1 aromatic heterocycles. The van der Waals surface area contributed by atoms with Gasteiger partial charge in [-0.3, -0.25) is 13.9 Å². The van der Waals surface area contributed by atoms with Gasteiger partial charge in [-0.2, -0.15) is 0 Å². The van der Waals surface area contributed by atoms with Crippen molar-refractivity contribution in [3.8, 4) is 16.9 Å². The molecule has 0 bridgehead atoms. The van der Waals surface area contributed by atoms with Crippen LogP contribution in [0.4, 0.5) is 5.69 Å². The minimum absolute atomic E-state index is 0.0114. The van der Waals surface area contributed by atoms with Crippen LogP contribution in [-0.4, -0.2) is 29.2 Å². The van der Waals surface area contributed by atoms with Crippen LogP contribution in [0.15, 0.2) is 71.5 Å². The molecule has 0 radical (unpaired) electrons. The third-order valence-corrected chi connectivity index (χ3v) is 6.25. The maximum absolute atomic E-state index is 13.3. The number of hydrogen-bond donors (Lipinski definition) is 0. The fourth-order valence-corrected chi connectivity index (χ4v) is 4.51. The third-order valence-electron chi connectivity index (χ3n) is 6.25. The summed E-state index contributed by atoms with van der Waals surface area (Å²) in [6.45, 7) is 0.672. The van der Waals surface area contributed by atoms with Crippen LogP contribution in [0.25, 0.3) is 22.2 Å². The predicted octanol–water partition coefficient (Wildman–Crippen LogP) is 4.09. The molecule has 5 rings (SSSR count). The number of imidazole rings is 1. The molecular formula is C26H25N3O3. The van der Waals surface area contributed by atoms with E-state index < -0.39 is 0 Å². The first-order valence-corrected chi connectivity index (χ1v) is 10.8. The van der Waals surface area contributed by atoms with Crippen LogP contribution in [-0.2, 0) is 24.3 Å². The first-order valence-electron chi connectivity index (χ1n) is 10.8. The van der Waals surface area contributed by atoms with Crippen LogP contribution in [0.5, 0.6) is 5.75 Å². The van der Waals surface area contributed by atoms with Gasteiger partial charge < -0.3 is 9.64 Å². The van der Waals surface area contributed by atoms with Crippen LogP contribution < -0.4 is 15.3 Å². The van der Waals surface area contributed by atoms with Crippen molar-refractivity contribution in [2.75, 3.05) is 19.1 Å². The van der Waals surface area contributed by atoms with E-state index in [0.717, 1.165) is 46.4 Å². The normalized spacial score (nSPS) is 12.7. The van der Waals surface area contributed by atoms with Crippen molar-refractivity contribution >= 4 is 22.6 Å². The molecule has 6 nitrogen and oxygen atoms in total. The lowest BCUT2D eigenvalue weighted by Crippen LogP contribution is -2.34. The Bertz CT molecular complexity index is 1350. The molecule has 0 N–H and O–H groups in total. The van der Waals surface area contributed by atoms with E-state index in [1.165, 1.54) is 5.56 Å². The lowest BCUT2D eigenvalue weighted by atomic mass is 9.97. The second kappa shape index (κ2) is 8.04. The first-order chi connectivity index (χ1) is 15.6. The Balaban J connectivity index is 1.56. The Morgan fingerprint density at radius 1 is 1.03 bits per heavy atom. The van der Waals surface area contributed by atoms with Gasteiger partial charge in [0.15, 0.2) is 0 Å². The van der Waals surface area contributed by atoms with Crippen LogP contribution in [0.1, 0.15) is 12.0 Å². The lowest BCUT2D eigenvalue weighted by molar-refractivity contribution is -0.118. The van der Waals surface area contributed by atoms with Crippen LogP contribution in [0.3, 0.4) is 0 Å². The van der Waals surface area contributed by atoms with Crippen LogP contribution in [0.2, 0.25) is 0 Å². The molecule has 1 aliphatic heterocycles. The molecule has 3 aromatic carbocycles. The third kappa shape index (κ3) is 3.38. The maximum Gasteiger partial charge on any atom is 0.329 e. The molecule has 4 aromatic rings. The Labute approximate surface area is 186 Å². The maximum atomic E-state index is 13.3. The highest BCUT2D eigenvalue weighted by Crippen LogP contribution is 2.31. The second-order valence-corrected chi connectivity index (χ2v) is 8.14. The molecule has 2 heterocycles. The van der Waals surface area contributed by atoms with Gasteiger partial charge in [0.05, 0.1) is 18.1 Å². The summed E-state index contributed by atoms with van der Waals surface area (Å²) in [7, 11) is 3.34. The zero-order chi connectivity index (χ0) is 22.2. The highest BCUT2D eigenvalue weighted by Gasteiger charge is 2.23. The quantitative estimate of drug-likeness (QED) is 0.482. The molecule has 0 unspecified atom stereocenters. The average molecular weight is 428 g/mol. The van der Waals surface area contributed by atoms with E-state index in [4.69, 9.17) is 4.74 Å². The molecule has 0 aliphatic carbocycles. The second-order valence-electron chi connectivity index (χ2n) is 8.14. The van der Waals surface area contributed by atoms with Crippen LogP contribution in [0, 0.1) is 0 Å². The van der Waals surface area contributed by atoms with E-state index in [1.54, 1.807) is 23.6 Å². The molecule has 0 spiro atoms. The van der Waals surface area contributed by atoms with Gasteiger partial charge in [0.25, 0.3) is 0 Å². The monoisotopic (exact) mass is 427 g/mol. The Morgan fingerprint density at radius 3 is 2.50 bits per heavy atom. The van der Waals surface area contributed by atoms with Gasteiger partial charge in [-0.25, -0.2) is 4.79 Å². The van der Waals surface area contributed by atoms with Crippen molar-refractivity contribution in [2.24, 2.45) is 0 Å². The van der Waals surface area contributed by atoms with Crippen molar-refractivity contribution in [3.63, 3.8) is 0 Å². The summed E-state index contributed by atoms with van der Waals surface area (Å²) in [4.78, 5) is 28.0. The first kappa shape index (κ1) is 20.1. The van der Waals surface area contributed by atoms with E-state index in [1.807, 2.05) is 53.1 Å². The fraction of sp³-hybridized carbons (Fsp3) is 0.231. The smallest absolute Gasteiger partial charge is 0.329 e. The standard InChI is InChI=1S/C26H25N3O3/c1-27(21-10-12-22(32-2)13-11-21)24(30)17-29-23-16-20(18-7-4-3-5-8-18)15-19-9-6-14-28(25(19)23)26(29)31/h3-5,7-8,10-13,15-16H,6,9,14,17H2,1-2H3. The number of carbonyl (C=O) groups is 1. The summed E-state index contributed by atoms with van der Waals surface area (Å²) >= 11 is 0. The minimum atomic E-state index is -0.151. The molecule has 32 heavy (non-hydrogen) atoms. The SMILES string of the molecule is COc1ccc(N(C)C(=O)Cn2c(=O)n3c4c(cc(-c5ccccc5)cc42)CCC3)cc1. The van der Waals surface area contributed by atoms with E-state index in [2.05, 4.69) is 18.2 Å². The number of carbonyl (C=O) groups excluding carboxylic acids is 1. The molecular weight excluding hydrogens is 402 g/mol. The highest BCUT2D eigenvalue weighted by atomic mass is 16.5. The number of nitrogens with zero attached hydrogens (tertiary/aromatic N) is 3. The molecule has 1 aliphatic rings. The average Bonchev–Trinajstić information content (AvgIpc) is 3.11. The number of aryl methyl sites for hydroxylation is 2. The fourth-order valence-electron chi connectivity index (χ4n) is 4.51. The molecule has 6 heteroatoms. The summed E-state index contributed by atoms with van der Waals surface area (Å²) in [5.74, 6) is 0.579. The molecule has 0 saturated carbocycles. The number of hydrogen-bond acceptors (Lipinski definition) is 3. The van der Waals surface area contributed by atoms with Gasteiger partial charge in [0, 0.05) is 19.3 Å². The lowest BCUT2D eigenvalue weighted by Gasteiger charge is -2.18. The van der Waals surface area contributed by atoms with Crippen molar-refractivity contribution < 1.29 is 9.53 Å². The molecule has 0 saturated heterocycles. The largest absolute Gasteiger partial charge is 0.497 e.